The third-order valence-corrected chi connectivity index (χ3v) is 4.54. The average molecular weight is 312 g/mol. The van der Waals surface area contributed by atoms with Crippen LogP contribution in [-0.4, -0.2) is 42.6 Å². The molecule has 0 radical (unpaired) electrons. The molecular formula is C17H32N2O3. The molecule has 0 saturated carbocycles. The summed E-state index contributed by atoms with van der Waals surface area (Å²) in [6.07, 6.45) is 0.418. The van der Waals surface area contributed by atoms with Crippen molar-refractivity contribution in [2.45, 2.75) is 67.0 Å². The molecule has 5 heteroatoms. The Hall–Kier alpha value is -1.26. The smallest absolute Gasteiger partial charge is 0.407 e. The first-order chi connectivity index (χ1) is 9.91. The number of carbonyl (C=O) groups excluding carboxylic acids is 2. The van der Waals surface area contributed by atoms with E-state index in [1.807, 2.05) is 18.7 Å². The molecule has 0 aromatic heterocycles. The molecule has 22 heavy (non-hydrogen) atoms. The van der Waals surface area contributed by atoms with Crippen molar-refractivity contribution in [2.75, 3.05) is 13.7 Å². The fourth-order valence-electron chi connectivity index (χ4n) is 3.85. The van der Waals surface area contributed by atoms with Crippen LogP contribution < -0.4 is 5.32 Å². The second-order valence-electron chi connectivity index (χ2n) is 8.40. The first kappa shape index (κ1) is 18.8. The van der Waals surface area contributed by atoms with Crippen molar-refractivity contribution in [1.82, 2.24) is 10.2 Å². The molecule has 128 valence electrons. The Balaban J connectivity index is 3.05. The number of carbonyl (C=O) groups is 2. The van der Waals surface area contributed by atoms with Gasteiger partial charge in [0.15, 0.2) is 0 Å². The van der Waals surface area contributed by atoms with Gasteiger partial charge in [0, 0.05) is 12.6 Å². The van der Waals surface area contributed by atoms with Crippen LogP contribution in [-0.2, 0) is 9.53 Å². The molecule has 2 amide bonds. The van der Waals surface area contributed by atoms with E-state index in [1.54, 1.807) is 0 Å². The van der Waals surface area contributed by atoms with Gasteiger partial charge in [-0.05, 0) is 23.2 Å². The van der Waals surface area contributed by atoms with Gasteiger partial charge in [-0.25, -0.2) is 4.79 Å². The van der Waals surface area contributed by atoms with E-state index in [9.17, 15) is 9.59 Å². The van der Waals surface area contributed by atoms with Crippen molar-refractivity contribution in [2.24, 2.45) is 16.7 Å². The van der Waals surface area contributed by atoms with Crippen molar-refractivity contribution < 1.29 is 14.3 Å². The molecular weight excluding hydrogens is 280 g/mol. The Labute approximate surface area is 134 Å². The van der Waals surface area contributed by atoms with Gasteiger partial charge < -0.3 is 15.0 Å². The zero-order valence-electron chi connectivity index (χ0n) is 15.3. The third-order valence-electron chi connectivity index (χ3n) is 4.54. The van der Waals surface area contributed by atoms with E-state index in [-0.39, 0.29) is 28.7 Å². The van der Waals surface area contributed by atoms with Gasteiger partial charge in [0.25, 0.3) is 0 Å². The SMILES string of the molecule is COC(=O)N[C@H](C(=O)N1CCC(C)(C)C1C(C)(C)C)C(C)C. The zero-order chi connectivity index (χ0) is 17.3. The maximum Gasteiger partial charge on any atom is 0.407 e. The monoisotopic (exact) mass is 312 g/mol. The summed E-state index contributed by atoms with van der Waals surface area (Å²) in [5.41, 5.74) is 0.0587. The van der Waals surface area contributed by atoms with Crippen LogP contribution in [0, 0.1) is 16.7 Å². The molecule has 1 fully saturated rings. The van der Waals surface area contributed by atoms with E-state index in [2.05, 4.69) is 44.7 Å². The molecule has 2 atom stereocenters. The number of methoxy groups -OCH3 is 1. The summed E-state index contributed by atoms with van der Waals surface area (Å²) < 4.78 is 4.66. The zero-order valence-corrected chi connectivity index (χ0v) is 15.3. The van der Waals surface area contributed by atoms with Crippen LogP contribution in [0.5, 0.6) is 0 Å². The summed E-state index contributed by atoms with van der Waals surface area (Å²) in [6.45, 7) is 15.6. The highest BCUT2D eigenvalue weighted by Crippen LogP contribution is 2.45. The van der Waals surface area contributed by atoms with Gasteiger partial charge >= 0.3 is 6.09 Å². The van der Waals surface area contributed by atoms with E-state index in [0.717, 1.165) is 13.0 Å². The first-order valence-corrected chi connectivity index (χ1v) is 8.06. The largest absolute Gasteiger partial charge is 0.453 e. The number of rotatable bonds is 3. The molecule has 0 aromatic carbocycles. The molecule has 1 saturated heterocycles. The molecule has 1 aliphatic rings. The summed E-state index contributed by atoms with van der Waals surface area (Å²) in [5, 5.41) is 2.69. The van der Waals surface area contributed by atoms with Crippen LogP contribution in [0.3, 0.4) is 0 Å². The number of likely N-dealkylation sites (tertiary alicyclic amines) is 1. The second kappa shape index (κ2) is 6.47. The molecule has 1 aliphatic heterocycles. The minimum atomic E-state index is -0.558. The molecule has 1 unspecified atom stereocenters. The Bertz CT molecular complexity index is 424. The lowest BCUT2D eigenvalue weighted by atomic mass is 9.71. The third kappa shape index (κ3) is 3.93. The van der Waals surface area contributed by atoms with Gasteiger partial charge in [0.1, 0.15) is 6.04 Å². The van der Waals surface area contributed by atoms with Gasteiger partial charge in [-0.15, -0.1) is 0 Å². The number of nitrogens with one attached hydrogen (secondary N) is 1. The first-order valence-electron chi connectivity index (χ1n) is 8.06. The van der Waals surface area contributed by atoms with Crippen molar-refractivity contribution in [1.29, 1.82) is 0 Å². The van der Waals surface area contributed by atoms with E-state index in [4.69, 9.17) is 0 Å². The quantitative estimate of drug-likeness (QED) is 0.871. The lowest BCUT2D eigenvalue weighted by molar-refractivity contribution is -0.138. The van der Waals surface area contributed by atoms with Crippen molar-refractivity contribution in [3.8, 4) is 0 Å². The summed E-state index contributed by atoms with van der Waals surface area (Å²) >= 11 is 0. The van der Waals surface area contributed by atoms with Gasteiger partial charge in [-0.1, -0.05) is 48.5 Å². The van der Waals surface area contributed by atoms with Crippen molar-refractivity contribution in [3.63, 3.8) is 0 Å². The summed E-state index contributed by atoms with van der Waals surface area (Å²) in [7, 11) is 1.31. The minimum Gasteiger partial charge on any atom is -0.453 e. The molecule has 1 N–H and O–H groups in total. The Morgan fingerprint density at radius 1 is 1.27 bits per heavy atom. The lowest BCUT2D eigenvalue weighted by Gasteiger charge is -2.43. The van der Waals surface area contributed by atoms with Gasteiger partial charge in [-0.3, -0.25) is 4.79 Å². The van der Waals surface area contributed by atoms with E-state index < -0.39 is 12.1 Å². The van der Waals surface area contributed by atoms with Crippen molar-refractivity contribution in [3.05, 3.63) is 0 Å². The highest BCUT2D eigenvalue weighted by atomic mass is 16.5. The van der Waals surface area contributed by atoms with Gasteiger partial charge in [0.2, 0.25) is 5.91 Å². The number of alkyl carbamates (subject to hydrolysis) is 1. The number of ether oxygens (including phenoxy) is 1. The highest BCUT2D eigenvalue weighted by Gasteiger charge is 2.49. The maximum atomic E-state index is 13.0. The number of amides is 2. The lowest BCUT2D eigenvalue weighted by Crippen LogP contribution is -2.56. The predicted octanol–water partition coefficient (Wildman–Crippen LogP) is 3.04. The minimum absolute atomic E-state index is 0.00843. The Morgan fingerprint density at radius 2 is 1.82 bits per heavy atom. The summed E-state index contributed by atoms with van der Waals surface area (Å²) in [4.78, 5) is 26.5. The predicted molar refractivity (Wildman–Crippen MR) is 87.5 cm³/mol. The highest BCUT2D eigenvalue weighted by molar-refractivity contribution is 5.86. The fraction of sp³-hybridized carbons (Fsp3) is 0.882. The van der Waals surface area contributed by atoms with E-state index in [0.29, 0.717) is 0 Å². The van der Waals surface area contributed by atoms with Crippen LogP contribution in [0.25, 0.3) is 0 Å². The van der Waals surface area contributed by atoms with Crippen LogP contribution in [0.15, 0.2) is 0 Å². The Kier molecular flexibility index (Phi) is 5.52. The van der Waals surface area contributed by atoms with Crippen LogP contribution >= 0.6 is 0 Å². The topological polar surface area (TPSA) is 58.6 Å². The maximum absolute atomic E-state index is 13.0. The van der Waals surface area contributed by atoms with Gasteiger partial charge in [-0.2, -0.15) is 0 Å². The molecule has 0 aromatic rings. The summed E-state index contributed by atoms with van der Waals surface area (Å²) in [6, 6.07) is -0.403. The number of hydrogen-bond acceptors (Lipinski definition) is 3. The molecule has 1 heterocycles. The molecule has 1 rings (SSSR count). The standard InChI is InChI=1S/C17H32N2O3/c1-11(2)12(18-15(21)22-8)13(20)19-10-9-17(6,7)14(19)16(3,4)5/h11-12,14H,9-10H2,1-8H3,(H,18,21)/t12-,14?/m0/s1. The molecule has 5 nitrogen and oxygen atoms in total. The normalized spacial score (nSPS) is 22.6. The van der Waals surface area contributed by atoms with Crippen molar-refractivity contribution >= 4 is 12.0 Å². The molecule has 0 bridgehead atoms. The van der Waals surface area contributed by atoms with Crippen LogP contribution in [0.4, 0.5) is 4.79 Å². The number of hydrogen-bond donors (Lipinski definition) is 1. The fourth-order valence-corrected chi connectivity index (χ4v) is 3.85. The van der Waals surface area contributed by atoms with E-state index in [1.165, 1.54) is 7.11 Å². The van der Waals surface area contributed by atoms with Crippen LogP contribution in [0.1, 0.15) is 54.9 Å². The number of nitrogens with zero attached hydrogens (tertiary/aromatic N) is 1. The Morgan fingerprint density at radius 3 is 2.23 bits per heavy atom. The van der Waals surface area contributed by atoms with Crippen LogP contribution in [0.2, 0.25) is 0 Å². The molecule has 0 aliphatic carbocycles. The summed E-state index contributed by atoms with van der Waals surface area (Å²) in [5.74, 6) is 0.00170. The molecule has 0 spiro atoms. The second-order valence-corrected chi connectivity index (χ2v) is 8.40. The van der Waals surface area contributed by atoms with Gasteiger partial charge in [0.05, 0.1) is 7.11 Å². The average Bonchev–Trinajstić information content (AvgIpc) is 2.69. The van der Waals surface area contributed by atoms with E-state index >= 15 is 0 Å².